The highest BCUT2D eigenvalue weighted by Crippen LogP contribution is 2.17. The van der Waals surface area contributed by atoms with E-state index in [0.29, 0.717) is 6.42 Å². The minimum atomic E-state index is -0.800. The molecule has 0 unspecified atom stereocenters. The first kappa shape index (κ1) is 12.5. The zero-order valence-electron chi connectivity index (χ0n) is 8.98. The minimum Gasteiger partial charge on any atom is -0.481 e. The fraction of sp³-hybridized carbons (Fsp3) is 0.154. The molecule has 1 N–H and O–H groups in total. The standard InChI is InChI=1S/C13H14O2S/c1-10(4-6-13(14)15)3-5-11(2)12-7-8-16-9-12/h3,5,7-9H,1-2,4,6H2,(H,14,15)/b5-3-. The van der Waals surface area contributed by atoms with Crippen molar-refractivity contribution in [1.29, 1.82) is 0 Å². The van der Waals surface area contributed by atoms with E-state index in [-0.39, 0.29) is 6.42 Å². The van der Waals surface area contributed by atoms with E-state index < -0.39 is 5.97 Å². The Bertz CT molecular complexity index is 413. The summed E-state index contributed by atoms with van der Waals surface area (Å²) in [4.78, 5) is 10.3. The second-order valence-corrected chi connectivity index (χ2v) is 4.20. The molecule has 0 bridgehead atoms. The molecule has 1 aromatic rings. The van der Waals surface area contributed by atoms with Gasteiger partial charge >= 0.3 is 5.97 Å². The highest BCUT2D eigenvalue weighted by atomic mass is 32.1. The van der Waals surface area contributed by atoms with Crippen LogP contribution in [-0.4, -0.2) is 11.1 Å². The van der Waals surface area contributed by atoms with Gasteiger partial charge in [0.2, 0.25) is 0 Å². The Hall–Kier alpha value is -1.61. The fourth-order valence-corrected chi connectivity index (χ4v) is 1.79. The van der Waals surface area contributed by atoms with Crippen LogP contribution in [0.3, 0.4) is 0 Å². The molecule has 1 rings (SSSR count). The fourth-order valence-electron chi connectivity index (χ4n) is 1.11. The third kappa shape index (κ3) is 4.28. The molecular weight excluding hydrogens is 220 g/mol. The number of rotatable bonds is 6. The van der Waals surface area contributed by atoms with E-state index in [4.69, 9.17) is 5.11 Å². The normalized spacial score (nSPS) is 10.5. The molecule has 0 radical (unpaired) electrons. The molecule has 2 nitrogen and oxygen atoms in total. The summed E-state index contributed by atoms with van der Waals surface area (Å²) in [6.07, 6.45) is 4.28. The lowest BCUT2D eigenvalue weighted by atomic mass is 10.1. The monoisotopic (exact) mass is 234 g/mol. The molecule has 1 heterocycles. The maximum atomic E-state index is 10.3. The lowest BCUT2D eigenvalue weighted by Gasteiger charge is -1.98. The molecular formula is C13H14O2S. The van der Waals surface area contributed by atoms with Crippen LogP contribution in [0.1, 0.15) is 18.4 Å². The van der Waals surface area contributed by atoms with Crippen molar-refractivity contribution in [2.45, 2.75) is 12.8 Å². The predicted octanol–water partition coefficient (Wildman–Crippen LogP) is 3.74. The first-order valence-corrected chi connectivity index (χ1v) is 5.83. The van der Waals surface area contributed by atoms with Gasteiger partial charge in [0.25, 0.3) is 0 Å². The topological polar surface area (TPSA) is 37.3 Å². The number of carboxylic acids is 1. The van der Waals surface area contributed by atoms with Crippen LogP contribution in [0, 0.1) is 0 Å². The SMILES string of the molecule is C=C(/C=C\C(=C)c1ccsc1)CCC(=O)O. The molecule has 0 aliphatic carbocycles. The maximum absolute atomic E-state index is 10.3. The zero-order valence-corrected chi connectivity index (χ0v) is 9.80. The van der Waals surface area contributed by atoms with Crippen molar-refractivity contribution < 1.29 is 9.90 Å². The second kappa shape index (κ2) is 6.08. The summed E-state index contributed by atoms with van der Waals surface area (Å²) in [7, 11) is 0. The first-order chi connectivity index (χ1) is 7.59. The van der Waals surface area contributed by atoms with E-state index in [2.05, 4.69) is 13.2 Å². The highest BCUT2D eigenvalue weighted by molar-refractivity contribution is 7.08. The average Bonchev–Trinajstić information content (AvgIpc) is 2.76. The molecule has 1 aromatic heterocycles. The zero-order chi connectivity index (χ0) is 12.0. The van der Waals surface area contributed by atoms with E-state index in [1.165, 1.54) is 0 Å². The molecule has 0 atom stereocenters. The molecule has 3 heteroatoms. The van der Waals surface area contributed by atoms with Gasteiger partial charge in [-0.05, 0) is 34.4 Å². The van der Waals surface area contributed by atoms with Crippen molar-refractivity contribution in [2.24, 2.45) is 0 Å². The maximum Gasteiger partial charge on any atom is 0.303 e. The van der Waals surface area contributed by atoms with E-state index in [0.717, 1.165) is 16.7 Å². The van der Waals surface area contributed by atoms with E-state index in [1.807, 2.05) is 29.0 Å². The predicted molar refractivity (Wildman–Crippen MR) is 68.5 cm³/mol. The minimum absolute atomic E-state index is 0.119. The van der Waals surface area contributed by atoms with Crippen LogP contribution in [0.25, 0.3) is 5.57 Å². The van der Waals surface area contributed by atoms with Gasteiger partial charge in [0.15, 0.2) is 0 Å². The summed E-state index contributed by atoms with van der Waals surface area (Å²) in [6.45, 7) is 7.72. The van der Waals surface area contributed by atoms with E-state index in [1.54, 1.807) is 11.3 Å². The summed E-state index contributed by atoms with van der Waals surface area (Å²) >= 11 is 1.62. The first-order valence-electron chi connectivity index (χ1n) is 4.88. The van der Waals surface area contributed by atoms with Gasteiger partial charge in [0.05, 0.1) is 0 Å². The number of hydrogen-bond acceptors (Lipinski definition) is 2. The quantitative estimate of drug-likeness (QED) is 0.761. The van der Waals surface area contributed by atoms with Crippen molar-refractivity contribution in [3.63, 3.8) is 0 Å². The molecule has 0 saturated heterocycles. The average molecular weight is 234 g/mol. The summed E-state index contributed by atoms with van der Waals surface area (Å²) in [5.74, 6) is -0.800. The number of hydrogen-bond donors (Lipinski definition) is 1. The molecule has 0 aliphatic rings. The van der Waals surface area contributed by atoms with E-state index in [9.17, 15) is 4.79 Å². The second-order valence-electron chi connectivity index (χ2n) is 3.42. The van der Waals surface area contributed by atoms with Crippen LogP contribution in [0.15, 0.2) is 47.7 Å². The van der Waals surface area contributed by atoms with Gasteiger partial charge in [-0.2, -0.15) is 11.3 Å². The number of aliphatic carboxylic acids is 1. The molecule has 0 amide bonds. The van der Waals surface area contributed by atoms with Gasteiger partial charge in [-0.3, -0.25) is 4.79 Å². The van der Waals surface area contributed by atoms with Crippen LogP contribution in [0.5, 0.6) is 0 Å². The van der Waals surface area contributed by atoms with Gasteiger partial charge in [-0.15, -0.1) is 0 Å². The highest BCUT2D eigenvalue weighted by Gasteiger charge is 1.98. The van der Waals surface area contributed by atoms with Gasteiger partial charge in [0.1, 0.15) is 0 Å². The number of allylic oxidation sites excluding steroid dienone is 4. The Kier molecular flexibility index (Phi) is 4.73. The van der Waals surface area contributed by atoms with Crippen molar-refractivity contribution in [3.8, 4) is 0 Å². The van der Waals surface area contributed by atoms with Crippen molar-refractivity contribution in [3.05, 3.63) is 53.3 Å². The van der Waals surface area contributed by atoms with Gasteiger partial charge in [0, 0.05) is 6.42 Å². The molecule has 0 saturated carbocycles. The van der Waals surface area contributed by atoms with Crippen LogP contribution >= 0.6 is 11.3 Å². The van der Waals surface area contributed by atoms with Crippen LogP contribution < -0.4 is 0 Å². The third-order valence-electron chi connectivity index (χ3n) is 2.07. The lowest BCUT2D eigenvalue weighted by molar-refractivity contribution is -0.136. The molecule has 0 aromatic carbocycles. The van der Waals surface area contributed by atoms with Crippen molar-refractivity contribution in [1.82, 2.24) is 0 Å². The summed E-state index contributed by atoms with van der Waals surface area (Å²) in [6, 6.07) is 2.00. The number of carbonyl (C=O) groups is 1. The Balaban J connectivity index is 2.45. The molecule has 0 aliphatic heterocycles. The van der Waals surface area contributed by atoms with Crippen LogP contribution in [0.4, 0.5) is 0 Å². The van der Waals surface area contributed by atoms with Crippen LogP contribution in [0.2, 0.25) is 0 Å². The largest absolute Gasteiger partial charge is 0.481 e. The van der Waals surface area contributed by atoms with Crippen molar-refractivity contribution in [2.75, 3.05) is 0 Å². The summed E-state index contributed by atoms with van der Waals surface area (Å²) < 4.78 is 0. The summed E-state index contributed by atoms with van der Waals surface area (Å²) in [5.41, 5.74) is 2.81. The number of carboxylic acid groups (broad SMARTS) is 1. The lowest BCUT2D eigenvalue weighted by Crippen LogP contribution is -1.93. The third-order valence-corrected chi connectivity index (χ3v) is 2.76. The smallest absolute Gasteiger partial charge is 0.303 e. The molecule has 0 fully saturated rings. The van der Waals surface area contributed by atoms with Crippen LogP contribution in [-0.2, 0) is 4.79 Å². The van der Waals surface area contributed by atoms with Crippen molar-refractivity contribution >= 4 is 22.9 Å². The van der Waals surface area contributed by atoms with E-state index >= 15 is 0 Å². The van der Waals surface area contributed by atoms with Gasteiger partial charge in [-0.1, -0.05) is 30.9 Å². The van der Waals surface area contributed by atoms with Gasteiger partial charge < -0.3 is 5.11 Å². The Morgan fingerprint density at radius 3 is 2.69 bits per heavy atom. The molecule has 84 valence electrons. The Labute approximate surface area is 99.2 Å². The molecule has 0 spiro atoms. The number of thiophene rings is 1. The molecule has 16 heavy (non-hydrogen) atoms. The van der Waals surface area contributed by atoms with Gasteiger partial charge in [-0.25, -0.2) is 0 Å². The Morgan fingerprint density at radius 1 is 1.38 bits per heavy atom. The Morgan fingerprint density at radius 2 is 2.12 bits per heavy atom. The summed E-state index contributed by atoms with van der Waals surface area (Å²) in [5, 5.41) is 12.5.